The van der Waals surface area contributed by atoms with Crippen molar-refractivity contribution >= 4 is 35.3 Å². The second kappa shape index (κ2) is 6.61. The third-order valence-electron chi connectivity index (χ3n) is 3.44. The van der Waals surface area contributed by atoms with Gasteiger partial charge < -0.3 is 19.9 Å². The van der Waals surface area contributed by atoms with Crippen molar-refractivity contribution < 1.29 is 36.7 Å². The van der Waals surface area contributed by atoms with Crippen LogP contribution in [0.4, 0.5) is 18.3 Å². The van der Waals surface area contributed by atoms with Crippen molar-refractivity contribution in [2.24, 2.45) is 0 Å². The molecule has 0 aliphatic heterocycles. The number of hydrogen-bond donors (Lipinski definition) is 3. The molecule has 0 aliphatic carbocycles. The summed E-state index contributed by atoms with van der Waals surface area (Å²) in [4.78, 5) is 34.8. The Labute approximate surface area is 153 Å². The number of carbonyl (C=O) groups is 1. The van der Waals surface area contributed by atoms with Crippen LogP contribution >= 0.6 is 18.9 Å². The number of carbonyl (C=O) groups excluding carboxylic acids is 1. The Morgan fingerprint density at radius 1 is 1.15 bits per heavy atom. The van der Waals surface area contributed by atoms with Gasteiger partial charge in [-0.1, -0.05) is 23.5 Å². The molecule has 0 spiro atoms. The number of nitrogens with two attached hydrogens (primary N) is 1. The van der Waals surface area contributed by atoms with Crippen molar-refractivity contribution in [3.05, 3.63) is 52.4 Å². The van der Waals surface area contributed by atoms with E-state index in [2.05, 4.69) is 4.98 Å². The van der Waals surface area contributed by atoms with Crippen LogP contribution in [0, 0.1) is 0 Å². The van der Waals surface area contributed by atoms with Crippen LogP contribution < -0.4 is 11.2 Å². The fraction of sp³-hybridized carbons (Fsp3) is 0.0667. The lowest BCUT2D eigenvalue weighted by atomic mass is 10.1. The molecule has 4 N–H and O–H groups in total. The highest BCUT2D eigenvalue weighted by atomic mass is 32.1. The minimum atomic E-state index is -4.64. The number of rotatable bonds is 4. The normalized spacial score (nSPS) is 12.3. The Balaban J connectivity index is 1.99. The monoisotopic (exact) mass is 418 g/mol. The molecule has 0 amide bonds. The van der Waals surface area contributed by atoms with Gasteiger partial charge in [-0.15, -0.1) is 0 Å². The Hall–Kier alpha value is -2.46. The summed E-state index contributed by atoms with van der Waals surface area (Å²) in [6, 6.07) is 5.85. The predicted octanol–water partition coefficient (Wildman–Crippen LogP) is 3.04. The van der Waals surface area contributed by atoms with E-state index >= 15 is 0 Å². The molecule has 3 rings (SSSR count). The number of nitrogens with zero attached hydrogens (tertiary/aromatic N) is 1. The maximum absolute atomic E-state index is 12.7. The average Bonchev–Trinajstić information content (AvgIpc) is 3.19. The lowest BCUT2D eigenvalue weighted by Crippen LogP contribution is -2.06. The predicted molar refractivity (Wildman–Crippen MR) is 90.8 cm³/mol. The number of ketones is 1. The van der Waals surface area contributed by atoms with E-state index in [0.29, 0.717) is 0 Å². The quantitative estimate of drug-likeness (QED) is 0.439. The van der Waals surface area contributed by atoms with E-state index < -0.39 is 30.6 Å². The number of anilines is 1. The van der Waals surface area contributed by atoms with Gasteiger partial charge >= 0.3 is 13.8 Å². The zero-order valence-electron chi connectivity index (χ0n) is 13.1. The maximum Gasteiger partial charge on any atom is 0.416 e. The van der Waals surface area contributed by atoms with Gasteiger partial charge in [0.25, 0.3) is 0 Å². The highest BCUT2D eigenvalue weighted by Crippen LogP contribution is 2.38. The number of nitrogen functional groups attached to an aromatic ring is 1. The molecule has 142 valence electrons. The van der Waals surface area contributed by atoms with Crippen LogP contribution in [0.5, 0.6) is 0 Å². The summed E-state index contributed by atoms with van der Waals surface area (Å²) in [5, 5.41) is -0.0191. The van der Waals surface area contributed by atoms with Crippen LogP contribution in [0.1, 0.15) is 20.8 Å². The Morgan fingerprint density at radius 3 is 2.30 bits per heavy atom. The zero-order valence-corrected chi connectivity index (χ0v) is 14.8. The lowest BCUT2D eigenvalue weighted by Gasteiger charge is -2.07. The fourth-order valence-electron chi connectivity index (χ4n) is 2.21. The van der Waals surface area contributed by atoms with E-state index in [9.17, 15) is 22.5 Å². The summed E-state index contributed by atoms with van der Waals surface area (Å²) in [5.74, 6) is -0.751. The van der Waals surface area contributed by atoms with Crippen LogP contribution in [0.2, 0.25) is 0 Å². The molecule has 3 aromatic rings. The van der Waals surface area contributed by atoms with Crippen molar-refractivity contribution in [2.45, 2.75) is 6.18 Å². The summed E-state index contributed by atoms with van der Waals surface area (Å²) >= 11 is 0.779. The van der Waals surface area contributed by atoms with Gasteiger partial charge in [0.05, 0.1) is 5.56 Å². The van der Waals surface area contributed by atoms with Gasteiger partial charge in [0, 0.05) is 5.56 Å². The van der Waals surface area contributed by atoms with Gasteiger partial charge in [-0.3, -0.25) is 9.36 Å². The van der Waals surface area contributed by atoms with Crippen molar-refractivity contribution in [2.75, 3.05) is 5.73 Å². The first-order valence-corrected chi connectivity index (χ1v) is 9.54. The van der Waals surface area contributed by atoms with Crippen molar-refractivity contribution in [1.82, 2.24) is 4.98 Å². The molecule has 0 atom stereocenters. The van der Waals surface area contributed by atoms with E-state index in [1.165, 1.54) is 6.07 Å². The summed E-state index contributed by atoms with van der Waals surface area (Å²) in [6.45, 7) is 0. The lowest BCUT2D eigenvalue weighted by molar-refractivity contribution is -0.137. The van der Waals surface area contributed by atoms with Crippen LogP contribution in [0.3, 0.4) is 0 Å². The number of aromatic nitrogens is 1. The first kappa shape index (κ1) is 19.3. The smallest absolute Gasteiger partial charge is 0.416 e. The summed E-state index contributed by atoms with van der Waals surface area (Å²) in [6.07, 6.45) is -4.53. The number of hydrogen-bond acceptors (Lipinski definition) is 6. The highest BCUT2D eigenvalue weighted by Gasteiger charge is 2.31. The largest absolute Gasteiger partial charge is 0.446 e. The van der Waals surface area contributed by atoms with Crippen molar-refractivity contribution in [3.63, 3.8) is 0 Å². The standard InChI is InChI=1S/C15H10F3N2O5PS/c16-15(17,18)8-3-1-7(2-4-8)12(21)13-11(20-14(19)27-13)9-5-6-10(25-9)26(22,23)24/h1-6H,(H2,19,20)(H2,22,23,24). The van der Waals surface area contributed by atoms with Crippen LogP contribution in [-0.4, -0.2) is 20.6 Å². The van der Waals surface area contributed by atoms with Crippen molar-refractivity contribution in [3.8, 4) is 11.5 Å². The molecule has 27 heavy (non-hydrogen) atoms. The third kappa shape index (κ3) is 3.96. The number of furan rings is 1. The number of alkyl halides is 3. The molecule has 0 aliphatic rings. The van der Waals surface area contributed by atoms with E-state index in [1.54, 1.807) is 0 Å². The first-order valence-electron chi connectivity index (χ1n) is 7.11. The average molecular weight is 418 g/mol. The molecule has 0 radical (unpaired) electrons. The van der Waals surface area contributed by atoms with Gasteiger partial charge in [0.15, 0.2) is 10.9 Å². The molecule has 0 fully saturated rings. The molecular formula is C15H10F3N2O5PS. The van der Waals surface area contributed by atoms with Crippen molar-refractivity contribution in [1.29, 1.82) is 0 Å². The minimum Gasteiger partial charge on any atom is -0.446 e. The molecule has 2 heterocycles. The second-order valence-electron chi connectivity index (χ2n) is 5.32. The van der Waals surface area contributed by atoms with Crippen LogP contribution in [0.25, 0.3) is 11.5 Å². The Morgan fingerprint density at radius 2 is 1.78 bits per heavy atom. The van der Waals surface area contributed by atoms with E-state index in [-0.39, 0.29) is 27.0 Å². The Kier molecular flexibility index (Phi) is 4.73. The third-order valence-corrected chi connectivity index (χ3v) is 5.13. The minimum absolute atomic E-state index is 0.0191. The molecule has 0 saturated heterocycles. The molecule has 0 bridgehead atoms. The maximum atomic E-state index is 12.7. The number of benzene rings is 1. The summed E-state index contributed by atoms with van der Waals surface area (Å²) in [5.41, 5.74) is 4.02. The van der Waals surface area contributed by atoms with Gasteiger partial charge in [0.2, 0.25) is 11.3 Å². The van der Waals surface area contributed by atoms with Crippen LogP contribution in [0.15, 0.2) is 40.8 Å². The number of halogens is 3. The second-order valence-corrected chi connectivity index (χ2v) is 7.88. The molecular weight excluding hydrogens is 408 g/mol. The van der Waals surface area contributed by atoms with Gasteiger partial charge in [-0.05, 0) is 24.3 Å². The van der Waals surface area contributed by atoms with Crippen LogP contribution in [-0.2, 0) is 10.7 Å². The SMILES string of the molecule is Nc1nc(-c2ccc(P(=O)(O)O)o2)c(C(=O)c2ccc(C(F)(F)F)cc2)s1. The van der Waals surface area contributed by atoms with Gasteiger partial charge in [-0.25, -0.2) is 4.98 Å². The van der Waals surface area contributed by atoms with E-state index in [1.807, 2.05) is 0 Å². The Bertz CT molecular complexity index is 1050. The molecule has 2 aromatic heterocycles. The molecule has 1 aromatic carbocycles. The zero-order chi connectivity index (χ0) is 20.0. The highest BCUT2D eigenvalue weighted by molar-refractivity contribution is 7.59. The number of thiazole rings is 1. The first-order chi connectivity index (χ1) is 12.5. The summed E-state index contributed by atoms with van der Waals surface area (Å²) < 4.78 is 54.2. The summed E-state index contributed by atoms with van der Waals surface area (Å²) in [7, 11) is -4.64. The van der Waals surface area contributed by atoms with E-state index in [0.717, 1.165) is 41.7 Å². The molecule has 7 nitrogen and oxygen atoms in total. The molecule has 12 heteroatoms. The van der Waals surface area contributed by atoms with E-state index in [4.69, 9.17) is 19.9 Å². The fourth-order valence-corrected chi connectivity index (χ4v) is 3.50. The molecule has 0 saturated carbocycles. The van der Waals surface area contributed by atoms with Gasteiger partial charge in [-0.2, -0.15) is 13.2 Å². The molecule has 0 unspecified atom stereocenters. The van der Waals surface area contributed by atoms with Gasteiger partial charge in [0.1, 0.15) is 10.6 Å². The topological polar surface area (TPSA) is 127 Å².